The molecule has 0 bridgehead atoms. The first-order valence-corrected chi connectivity index (χ1v) is 27.4. The maximum Gasteiger partial charge on any atom is 0.220 e. The number of nitrogens with one attached hydrogen (secondary N) is 1. The molecule has 69 heavy (non-hydrogen) atoms. The number of aliphatic hydroxyl groups is 8. The van der Waals surface area contributed by atoms with Crippen LogP contribution in [0.1, 0.15) is 200 Å². The molecule has 9 N–H and O–H groups in total. The Bertz CT molecular complexity index is 1340. The van der Waals surface area contributed by atoms with Crippen LogP contribution in [-0.4, -0.2) is 140 Å². The molecular weight excluding hydrogens is 883 g/mol. The van der Waals surface area contributed by atoms with Crippen molar-refractivity contribution in [1.82, 2.24) is 5.32 Å². The molecule has 402 valence electrons. The van der Waals surface area contributed by atoms with Crippen LogP contribution in [-0.2, 0) is 23.7 Å². The minimum absolute atomic E-state index is 0.256. The molecule has 2 fully saturated rings. The average molecular weight is 982 g/mol. The van der Waals surface area contributed by atoms with Crippen LogP contribution in [0.4, 0.5) is 0 Å². The molecule has 0 aromatic rings. The molecule has 2 saturated heterocycles. The minimum Gasteiger partial charge on any atom is -0.394 e. The van der Waals surface area contributed by atoms with Crippen molar-refractivity contribution in [3.63, 3.8) is 0 Å². The molecule has 14 nitrogen and oxygen atoms in total. The number of rotatable bonds is 42. The Labute approximate surface area is 416 Å². The Morgan fingerprint density at radius 2 is 0.971 bits per heavy atom. The third kappa shape index (κ3) is 28.1. The molecule has 1 amide bonds. The zero-order chi connectivity index (χ0) is 50.3. The van der Waals surface area contributed by atoms with Crippen molar-refractivity contribution < 1.29 is 64.6 Å². The van der Waals surface area contributed by atoms with Gasteiger partial charge >= 0.3 is 0 Å². The quantitative estimate of drug-likeness (QED) is 0.0209. The van der Waals surface area contributed by atoms with Crippen LogP contribution in [0, 0.1) is 0 Å². The smallest absolute Gasteiger partial charge is 0.220 e. The van der Waals surface area contributed by atoms with Crippen LogP contribution < -0.4 is 5.32 Å². The highest BCUT2D eigenvalue weighted by Crippen LogP contribution is 2.30. The molecule has 2 aliphatic heterocycles. The molecule has 0 saturated carbocycles. The molecule has 0 radical (unpaired) electrons. The number of carbonyl (C=O) groups excluding carboxylic acids is 1. The lowest BCUT2D eigenvalue weighted by Gasteiger charge is -2.46. The van der Waals surface area contributed by atoms with E-state index in [0.29, 0.717) is 12.8 Å². The van der Waals surface area contributed by atoms with Crippen molar-refractivity contribution >= 4 is 5.91 Å². The van der Waals surface area contributed by atoms with Crippen LogP contribution in [0.5, 0.6) is 0 Å². The lowest BCUT2D eigenvalue weighted by atomic mass is 9.97. The van der Waals surface area contributed by atoms with Gasteiger partial charge in [-0.15, -0.1) is 0 Å². The summed E-state index contributed by atoms with van der Waals surface area (Å²) in [6.45, 7) is 2.73. The fraction of sp³-hybridized carbons (Fsp3) is 0.836. The molecule has 0 aromatic carbocycles. The number of carbonyl (C=O) groups is 1. The summed E-state index contributed by atoms with van der Waals surface area (Å²) < 4.78 is 22.7. The molecule has 12 atom stereocenters. The molecule has 12 unspecified atom stereocenters. The van der Waals surface area contributed by atoms with Gasteiger partial charge in [0.2, 0.25) is 5.91 Å². The number of unbranched alkanes of at least 4 members (excludes halogenated alkanes) is 23. The first kappa shape index (κ1) is 63.1. The van der Waals surface area contributed by atoms with Crippen LogP contribution in [0.25, 0.3) is 0 Å². The summed E-state index contributed by atoms with van der Waals surface area (Å²) in [5.41, 5.74) is 0. The standard InChI is InChI=1S/C55H99NO13/c1-3-5-7-9-11-13-15-17-19-20-21-22-23-25-26-28-30-32-34-36-38-44(59)43(56-47(60)39-37-35-33-31-29-27-24-18-16-14-12-10-8-6-4-2)42-66-54-52(65)50(63)53(46(41-58)68-54)69-55-51(64)49(62)48(61)45(40-57)67-55/h12,14,18,24,28,30,36,38,43-46,48-55,57-59,61-65H,3-11,13,15-17,19-23,25-27,29,31-35,37,39-42H2,1-2H3,(H,56,60)/b14-12-,24-18-,30-28+,38-36+. The summed E-state index contributed by atoms with van der Waals surface area (Å²) in [7, 11) is 0. The number of amides is 1. The average Bonchev–Trinajstić information content (AvgIpc) is 3.35. The number of hydrogen-bond acceptors (Lipinski definition) is 13. The summed E-state index contributed by atoms with van der Waals surface area (Å²) in [5, 5.41) is 86.8. The highest BCUT2D eigenvalue weighted by atomic mass is 16.7. The van der Waals surface area contributed by atoms with Gasteiger partial charge in [-0.05, 0) is 64.2 Å². The minimum atomic E-state index is -1.79. The third-order valence-corrected chi connectivity index (χ3v) is 13.2. The molecule has 2 rings (SSSR count). The maximum atomic E-state index is 13.2. The summed E-state index contributed by atoms with van der Waals surface area (Å²) in [4.78, 5) is 13.2. The second kappa shape index (κ2) is 41.4. The lowest BCUT2D eigenvalue weighted by Crippen LogP contribution is -2.65. The number of ether oxygens (including phenoxy) is 4. The molecule has 0 spiro atoms. The van der Waals surface area contributed by atoms with Gasteiger partial charge in [-0.3, -0.25) is 4.79 Å². The van der Waals surface area contributed by atoms with E-state index < -0.39 is 86.8 Å². The van der Waals surface area contributed by atoms with Crippen molar-refractivity contribution in [1.29, 1.82) is 0 Å². The maximum absolute atomic E-state index is 13.2. The van der Waals surface area contributed by atoms with Gasteiger partial charge in [-0.1, -0.05) is 178 Å². The molecule has 0 aromatic heterocycles. The van der Waals surface area contributed by atoms with Crippen LogP contribution in [0.3, 0.4) is 0 Å². The predicted molar refractivity (Wildman–Crippen MR) is 272 cm³/mol. The van der Waals surface area contributed by atoms with Crippen LogP contribution >= 0.6 is 0 Å². The van der Waals surface area contributed by atoms with Crippen LogP contribution in [0.15, 0.2) is 48.6 Å². The first-order valence-electron chi connectivity index (χ1n) is 27.4. The zero-order valence-corrected chi connectivity index (χ0v) is 42.8. The van der Waals surface area contributed by atoms with Crippen molar-refractivity contribution in [2.75, 3.05) is 19.8 Å². The van der Waals surface area contributed by atoms with Gasteiger partial charge in [-0.25, -0.2) is 0 Å². The van der Waals surface area contributed by atoms with Gasteiger partial charge in [0.15, 0.2) is 12.6 Å². The normalized spacial score (nSPS) is 26.5. The Kier molecular flexibility index (Phi) is 37.9. The van der Waals surface area contributed by atoms with E-state index in [0.717, 1.165) is 57.8 Å². The predicted octanol–water partition coefficient (Wildman–Crippen LogP) is 8.05. The summed E-state index contributed by atoms with van der Waals surface area (Å²) in [6, 6.07) is -0.939. The van der Waals surface area contributed by atoms with E-state index in [1.807, 2.05) is 6.08 Å². The Hall–Kier alpha value is -2.05. The van der Waals surface area contributed by atoms with Gasteiger partial charge in [-0.2, -0.15) is 0 Å². The van der Waals surface area contributed by atoms with E-state index in [1.54, 1.807) is 6.08 Å². The molecule has 0 aliphatic carbocycles. The largest absolute Gasteiger partial charge is 0.394 e. The topological polar surface area (TPSA) is 228 Å². The van der Waals surface area contributed by atoms with Gasteiger partial charge < -0.3 is 65.1 Å². The fourth-order valence-electron chi connectivity index (χ4n) is 8.75. The fourth-order valence-corrected chi connectivity index (χ4v) is 8.75. The van der Waals surface area contributed by atoms with Crippen molar-refractivity contribution in [2.45, 2.75) is 274 Å². The Morgan fingerprint density at radius 1 is 0.522 bits per heavy atom. The summed E-state index contributed by atoms with van der Waals surface area (Å²) >= 11 is 0. The summed E-state index contributed by atoms with van der Waals surface area (Å²) in [5.74, 6) is -0.264. The van der Waals surface area contributed by atoms with E-state index in [1.165, 1.54) is 109 Å². The van der Waals surface area contributed by atoms with E-state index in [-0.39, 0.29) is 18.9 Å². The highest BCUT2D eigenvalue weighted by molar-refractivity contribution is 5.76. The van der Waals surface area contributed by atoms with Gasteiger partial charge in [0.1, 0.15) is 48.8 Å². The molecule has 2 heterocycles. The SMILES string of the molecule is CCCCC/C=C\C/C=C\CCCCCCCC(=O)NC(COC1OC(CO)C(OC2OC(CO)C(O)C(O)C2O)C(O)C1O)C(O)/C=C/CC/C=C/CCCCCCCCCCCCCCCC. The molecular formula is C55H99NO13. The zero-order valence-electron chi connectivity index (χ0n) is 42.8. The monoisotopic (exact) mass is 982 g/mol. The second-order valence-corrected chi connectivity index (χ2v) is 19.3. The molecule has 2 aliphatic rings. The van der Waals surface area contributed by atoms with Crippen molar-refractivity contribution in [3.8, 4) is 0 Å². The second-order valence-electron chi connectivity index (χ2n) is 19.3. The Balaban J connectivity index is 1.84. The van der Waals surface area contributed by atoms with E-state index in [2.05, 4.69) is 55.6 Å². The number of aliphatic hydroxyl groups excluding tert-OH is 8. The van der Waals surface area contributed by atoms with Gasteiger partial charge in [0, 0.05) is 6.42 Å². The van der Waals surface area contributed by atoms with Crippen LogP contribution in [0.2, 0.25) is 0 Å². The molecule has 14 heteroatoms. The number of allylic oxidation sites excluding steroid dienone is 7. The lowest BCUT2D eigenvalue weighted by molar-refractivity contribution is -0.359. The number of hydrogen-bond donors (Lipinski definition) is 9. The first-order chi connectivity index (χ1) is 33.6. The Morgan fingerprint density at radius 3 is 1.54 bits per heavy atom. The van der Waals surface area contributed by atoms with E-state index in [9.17, 15) is 45.6 Å². The van der Waals surface area contributed by atoms with Gasteiger partial charge in [0.25, 0.3) is 0 Å². The highest BCUT2D eigenvalue weighted by Gasteiger charge is 2.51. The van der Waals surface area contributed by atoms with Gasteiger partial charge in [0.05, 0.1) is 32.0 Å². The van der Waals surface area contributed by atoms with E-state index in [4.69, 9.17) is 18.9 Å². The van der Waals surface area contributed by atoms with Crippen molar-refractivity contribution in [2.24, 2.45) is 0 Å². The van der Waals surface area contributed by atoms with E-state index >= 15 is 0 Å². The summed E-state index contributed by atoms with van der Waals surface area (Å²) in [6.07, 6.45) is 32.9. The van der Waals surface area contributed by atoms with Crippen molar-refractivity contribution in [3.05, 3.63) is 48.6 Å². The third-order valence-electron chi connectivity index (χ3n) is 13.2.